The summed E-state index contributed by atoms with van der Waals surface area (Å²) in [5, 5.41) is 5.94. The van der Waals surface area contributed by atoms with Crippen LogP contribution in [-0.4, -0.2) is 53.0 Å². The molecule has 4 rings (SSSR count). The standard InChI is InChI=1S/C30H37F2N7O2/c1-4-7-10-19-13-14-20(27(33)40)17-21(19)25-22-18-35-30(41)39(26-23(31)11-8-12-24(26)32)28(22)37-29(36-25)34-15-9-16-38(5-2)6-3/h8,11-14,17H,4-7,9-10,15-16,18H2,1-3H3,(H2,33,40)(H,35,41)(H,34,36,37). The molecule has 3 aromatic rings. The number of primary amides is 1. The highest BCUT2D eigenvalue weighted by atomic mass is 19.1. The molecule has 0 aliphatic carbocycles. The third-order valence-corrected chi connectivity index (χ3v) is 7.26. The lowest BCUT2D eigenvalue weighted by atomic mass is 9.94. The van der Waals surface area contributed by atoms with E-state index in [2.05, 4.69) is 41.3 Å². The van der Waals surface area contributed by atoms with Gasteiger partial charge in [-0.25, -0.2) is 23.5 Å². The van der Waals surface area contributed by atoms with Crippen LogP contribution in [-0.2, 0) is 13.0 Å². The molecule has 0 spiro atoms. The van der Waals surface area contributed by atoms with E-state index in [-0.39, 0.29) is 18.3 Å². The molecule has 3 amide bonds. The molecule has 2 heterocycles. The number of carbonyl (C=O) groups excluding carboxylic acids is 2. The fourth-order valence-electron chi connectivity index (χ4n) is 4.95. The van der Waals surface area contributed by atoms with Crippen LogP contribution in [0.4, 0.5) is 31.0 Å². The third kappa shape index (κ3) is 6.62. The van der Waals surface area contributed by atoms with E-state index in [1.54, 1.807) is 12.1 Å². The molecule has 41 heavy (non-hydrogen) atoms. The van der Waals surface area contributed by atoms with Gasteiger partial charge in [-0.3, -0.25) is 4.79 Å². The fourth-order valence-corrected chi connectivity index (χ4v) is 4.95. The minimum Gasteiger partial charge on any atom is -0.366 e. The number of aryl methyl sites for hydroxylation is 1. The summed E-state index contributed by atoms with van der Waals surface area (Å²) >= 11 is 0. The number of nitrogens with two attached hydrogens (primary N) is 1. The Morgan fingerprint density at radius 2 is 1.83 bits per heavy atom. The van der Waals surface area contributed by atoms with Crippen LogP contribution in [0.15, 0.2) is 36.4 Å². The van der Waals surface area contributed by atoms with Crippen molar-refractivity contribution in [2.24, 2.45) is 5.73 Å². The molecule has 9 nitrogen and oxygen atoms in total. The Balaban J connectivity index is 1.88. The van der Waals surface area contributed by atoms with Crippen molar-refractivity contribution in [1.29, 1.82) is 0 Å². The van der Waals surface area contributed by atoms with Gasteiger partial charge < -0.3 is 21.3 Å². The van der Waals surface area contributed by atoms with Crippen LogP contribution >= 0.6 is 0 Å². The molecule has 0 saturated heterocycles. The van der Waals surface area contributed by atoms with Crippen LogP contribution in [0.2, 0.25) is 0 Å². The summed E-state index contributed by atoms with van der Waals surface area (Å²) < 4.78 is 30.0. The number of nitrogens with one attached hydrogen (secondary N) is 2. The number of benzene rings is 2. The normalized spacial score (nSPS) is 12.8. The number of unbranched alkanes of at least 4 members (excludes halogenated alkanes) is 1. The maximum absolute atomic E-state index is 15.0. The van der Waals surface area contributed by atoms with E-state index in [9.17, 15) is 18.4 Å². The Hall–Kier alpha value is -4.12. The molecule has 0 unspecified atom stereocenters. The van der Waals surface area contributed by atoms with Gasteiger partial charge in [0.1, 0.15) is 17.3 Å². The molecule has 218 valence electrons. The molecule has 11 heteroatoms. The smallest absolute Gasteiger partial charge is 0.328 e. The highest BCUT2D eigenvalue weighted by molar-refractivity contribution is 6.02. The summed E-state index contributed by atoms with van der Waals surface area (Å²) in [7, 11) is 0. The molecule has 1 aliphatic heterocycles. The van der Waals surface area contributed by atoms with Gasteiger partial charge in [-0.1, -0.05) is 39.3 Å². The molecule has 0 fully saturated rings. The number of urea groups is 1. The van der Waals surface area contributed by atoms with E-state index in [4.69, 9.17) is 10.7 Å². The van der Waals surface area contributed by atoms with E-state index in [0.29, 0.717) is 35.3 Å². The lowest BCUT2D eigenvalue weighted by Gasteiger charge is -2.31. The summed E-state index contributed by atoms with van der Waals surface area (Å²) in [6.07, 6.45) is 3.38. The van der Waals surface area contributed by atoms with Gasteiger partial charge in [0.15, 0.2) is 5.82 Å². The lowest BCUT2D eigenvalue weighted by Crippen LogP contribution is -2.43. The van der Waals surface area contributed by atoms with Gasteiger partial charge >= 0.3 is 6.03 Å². The van der Waals surface area contributed by atoms with Gasteiger partial charge in [-0.15, -0.1) is 0 Å². The Kier molecular flexibility index (Phi) is 9.82. The van der Waals surface area contributed by atoms with Gasteiger partial charge in [0.05, 0.1) is 12.2 Å². The number of halogens is 2. The first-order chi connectivity index (χ1) is 19.8. The van der Waals surface area contributed by atoms with E-state index in [0.717, 1.165) is 61.5 Å². The monoisotopic (exact) mass is 565 g/mol. The first-order valence-corrected chi connectivity index (χ1v) is 14.1. The maximum atomic E-state index is 15.0. The average molecular weight is 566 g/mol. The van der Waals surface area contributed by atoms with Crippen LogP contribution in [0, 0.1) is 11.6 Å². The molecule has 4 N–H and O–H groups in total. The summed E-state index contributed by atoms with van der Waals surface area (Å²) in [5.41, 5.74) is 7.92. The number of hydrogen-bond acceptors (Lipinski definition) is 6. The summed E-state index contributed by atoms with van der Waals surface area (Å²) in [6, 6.07) is 7.93. The van der Waals surface area contributed by atoms with Gasteiger partial charge in [0.2, 0.25) is 11.9 Å². The van der Waals surface area contributed by atoms with Crippen LogP contribution < -0.4 is 21.3 Å². The quantitative estimate of drug-likeness (QED) is 0.240. The Labute approximate surface area is 239 Å². The second-order valence-corrected chi connectivity index (χ2v) is 9.91. The van der Waals surface area contributed by atoms with Crippen molar-refractivity contribution >= 4 is 29.4 Å². The molecule has 0 saturated carbocycles. The number of para-hydroxylation sites is 1. The summed E-state index contributed by atoms with van der Waals surface area (Å²) in [5.74, 6) is -2.11. The van der Waals surface area contributed by atoms with Crippen molar-refractivity contribution < 1.29 is 18.4 Å². The molecule has 0 bridgehead atoms. The maximum Gasteiger partial charge on any atom is 0.328 e. The zero-order chi connectivity index (χ0) is 29.5. The van der Waals surface area contributed by atoms with Crippen molar-refractivity contribution in [3.8, 4) is 11.3 Å². The van der Waals surface area contributed by atoms with E-state index >= 15 is 0 Å². The summed E-state index contributed by atoms with van der Waals surface area (Å²) in [6.45, 7) is 9.61. The third-order valence-electron chi connectivity index (χ3n) is 7.26. The highest BCUT2D eigenvalue weighted by Crippen LogP contribution is 2.39. The topological polar surface area (TPSA) is 116 Å². The Morgan fingerprint density at radius 1 is 1.10 bits per heavy atom. The second kappa shape index (κ2) is 13.5. The number of aromatic nitrogens is 2. The van der Waals surface area contributed by atoms with E-state index < -0.39 is 29.3 Å². The van der Waals surface area contributed by atoms with E-state index in [1.165, 1.54) is 6.07 Å². The van der Waals surface area contributed by atoms with Gasteiger partial charge in [0, 0.05) is 23.2 Å². The zero-order valence-electron chi connectivity index (χ0n) is 23.8. The predicted molar refractivity (Wildman–Crippen MR) is 156 cm³/mol. The molecule has 1 aliphatic rings. The number of carbonyl (C=O) groups is 2. The number of amides is 3. The molecule has 2 aromatic carbocycles. The van der Waals surface area contributed by atoms with Gasteiger partial charge in [-0.2, -0.15) is 4.98 Å². The average Bonchev–Trinajstić information content (AvgIpc) is 2.96. The number of hydrogen-bond donors (Lipinski definition) is 3. The second-order valence-electron chi connectivity index (χ2n) is 9.91. The largest absolute Gasteiger partial charge is 0.366 e. The van der Waals surface area contributed by atoms with Crippen LogP contribution in [0.1, 0.15) is 61.5 Å². The van der Waals surface area contributed by atoms with E-state index in [1.807, 2.05) is 6.07 Å². The zero-order valence-corrected chi connectivity index (χ0v) is 23.8. The van der Waals surface area contributed by atoms with Crippen molar-refractivity contribution in [1.82, 2.24) is 20.2 Å². The fraction of sp³-hybridized carbons (Fsp3) is 0.400. The van der Waals surface area contributed by atoms with Crippen LogP contribution in [0.3, 0.4) is 0 Å². The Morgan fingerprint density at radius 3 is 2.49 bits per heavy atom. The highest BCUT2D eigenvalue weighted by Gasteiger charge is 2.34. The van der Waals surface area contributed by atoms with Crippen molar-refractivity contribution in [2.45, 2.75) is 53.0 Å². The lowest BCUT2D eigenvalue weighted by molar-refractivity contribution is 0.1000. The number of fused-ring (bicyclic) bond motifs is 1. The summed E-state index contributed by atoms with van der Waals surface area (Å²) in [4.78, 5) is 37.9. The molecular formula is C30H37F2N7O2. The van der Waals surface area contributed by atoms with Gasteiger partial charge in [0.25, 0.3) is 0 Å². The van der Waals surface area contributed by atoms with Crippen LogP contribution in [0.25, 0.3) is 11.3 Å². The van der Waals surface area contributed by atoms with Crippen LogP contribution in [0.5, 0.6) is 0 Å². The predicted octanol–water partition coefficient (Wildman–Crippen LogP) is 5.37. The molecule has 0 radical (unpaired) electrons. The Bertz CT molecular complexity index is 1390. The molecule has 1 aromatic heterocycles. The van der Waals surface area contributed by atoms with Gasteiger partial charge in [-0.05, 0) is 68.7 Å². The first kappa shape index (κ1) is 29.9. The van der Waals surface area contributed by atoms with Crippen molar-refractivity contribution in [3.63, 3.8) is 0 Å². The number of rotatable bonds is 13. The first-order valence-electron chi connectivity index (χ1n) is 14.1. The van der Waals surface area contributed by atoms with Crippen molar-refractivity contribution in [3.05, 3.63) is 64.7 Å². The number of anilines is 3. The van der Waals surface area contributed by atoms with Crippen molar-refractivity contribution in [2.75, 3.05) is 36.4 Å². The minimum atomic E-state index is -0.902. The molecule has 0 atom stereocenters. The minimum absolute atomic E-state index is 0.0341. The number of nitrogens with zero attached hydrogens (tertiary/aromatic N) is 4. The molecular weight excluding hydrogens is 528 g/mol. The SMILES string of the molecule is CCCCc1ccc(C(N)=O)cc1-c1nc(NCCCN(CC)CC)nc2c1CNC(=O)N2c1c(F)cccc1F.